The van der Waals surface area contributed by atoms with Crippen LogP contribution in [0, 0.1) is 0 Å². The SMILES string of the molecule is c1ccc(N(c2cccc(N(c3ccc(-n4c5ccccc5c5ccccc54)cc3)c3ccc4c5ccccc5n(-c5ccccc5)c4c3)c2)c2cccc3cc4oc5ccccc5c4cc23)cc1. The van der Waals surface area contributed by atoms with Crippen molar-refractivity contribution in [1.29, 1.82) is 0 Å². The maximum Gasteiger partial charge on any atom is 0.136 e. The number of para-hydroxylation sites is 6. The number of nitrogens with zero attached hydrogens (tertiary/aromatic N) is 4. The van der Waals surface area contributed by atoms with Gasteiger partial charge in [0, 0.05) is 77.5 Å². The van der Waals surface area contributed by atoms with Crippen LogP contribution in [0.3, 0.4) is 0 Å². The second-order valence-corrected chi connectivity index (χ2v) is 17.7. The first-order valence-electron chi connectivity index (χ1n) is 23.5. The lowest BCUT2D eigenvalue weighted by Crippen LogP contribution is -2.13. The quantitative estimate of drug-likeness (QED) is 0.152. The number of hydrogen-bond acceptors (Lipinski definition) is 3. The summed E-state index contributed by atoms with van der Waals surface area (Å²) in [6, 6.07) is 91.8. The van der Waals surface area contributed by atoms with Gasteiger partial charge < -0.3 is 23.4 Å². The third-order valence-electron chi connectivity index (χ3n) is 13.8. The van der Waals surface area contributed by atoms with Crippen molar-refractivity contribution in [2.24, 2.45) is 0 Å². The van der Waals surface area contributed by atoms with E-state index in [2.05, 4.69) is 262 Å². The van der Waals surface area contributed by atoms with E-state index in [1.807, 2.05) is 12.1 Å². The van der Waals surface area contributed by atoms with Gasteiger partial charge in [-0.15, -0.1) is 0 Å². The smallest absolute Gasteiger partial charge is 0.136 e. The van der Waals surface area contributed by atoms with Gasteiger partial charge in [0.05, 0.1) is 27.8 Å². The summed E-state index contributed by atoms with van der Waals surface area (Å²) in [5.41, 5.74) is 15.0. The molecule has 69 heavy (non-hydrogen) atoms. The molecule has 0 fully saturated rings. The summed E-state index contributed by atoms with van der Waals surface area (Å²) >= 11 is 0. The summed E-state index contributed by atoms with van der Waals surface area (Å²) in [4.78, 5) is 4.79. The van der Waals surface area contributed by atoms with Gasteiger partial charge in [0.1, 0.15) is 11.2 Å². The molecule has 14 rings (SSSR count). The fourth-order valence-electron chi connectivity index (χ4n) is 10.8. The fourth-order valence-corrected chi connectivity index (χ4v) is 10.8. The molecule has 0 spiro atoms. The molecule has 0 N–H and O–H groups in total. The molecule has 0 atom stereocenters. The summed E-state index contributed by atoms with van der Waals surface area (Å²) in [6.07, 6.45) is 0. The van der Waals surface area contributed by atoms with Gasteiger partial charge in [-0.3, -0.25) is 0 Å². The molecule has 3 aromatic heterocycles. The maximum absolute atomic E-state index is 6.38. The minimum absolute atomic E-state index is 0.886. The molecule has 0 aliphatic carbocycles. The maximum atomic E-state index is 6.38. The lowest BCUT2D eigenvalue weighted by molar-refractivity contribution is 0.669. The van der Waals surface area contributed by atoms with E-state index in [1.54, 1.807) is 0 Å². The van der Waals surface area contributed by atoms with Crippen LogP contribution in [0.15, 0.2) is 259 Å². The summed E-state index contributed by atoms with van der Waals surface area (Å²) in [5.74, 6) is 0. The molecule has 0 aliphatic heterocycles. The van der Waals surface area contributed by atoms with E-state index < -0.39 is 0 Å². The first-order valence-corrected chi connectivity index (χ1v) is 23.5. The van der Waals surface area contributed by atoms with Crippen LogP contribution in [-0.2, 0) is 0 Å². The highest BCUT2D eigenvalue weighted by Gasteiger charge is 2.22. The third-order valence-corrected chi connectivity index (χ3v) is 13.8. The monoisotopic (exact) mass is 882 g/mol. The molecular weight excluding hydrogens is 841 g/mol. The van der Waals surface area contributed by atoms with Gasteiger partial charge in [-0.1, -0.05) is 133 Å². The van der Waals surface area contributed by atoms with Gasteiger partial charge in [-0.2, -0.15) is 0 Å². The van der Waals surface area contributed by atoms with Crippen LogP contribution in [0.4, 0.5) is 34.1 Å². The molecule has 0 bridgehead atoms. The van der Waals surface area contributed by atoms with Crippen LogP contribution in [0.25, 0.3) is 87.7 Å². The van der Waals surface area contributed by atoms with Crippen LogP contribution < -0.4 is 9.80 Å². The first-order chi connectivity index (χ1) is 34.2. The molecule has 5 nitrogen and oxygen atoms in total. The van der Waals surface area contributed by atoms with Gasteiger partial charge >= 0.3 is 0 Å². The Bertz CT molecular complexity index is 4210. The molecule has 5 heteroatoms. The zero-order valence-corrected chi connectivity index (χ0v) is 37.4. The predicted molar refractivity (Wildman–Crippen MR) is 289 cm³/mol. The number of aromatic nitrogens is 2. The third kappa shape index (κ3) is 6.25. The van der Waals surface area contributed by atoms with Gasteiger partial charge in [0.15, 0.2) is 0 Å². The number of rotatable bonds is 8. The highest BCUT2D eigenvalue weighted by atomic mass is 16.3. The highest BCUT2D eigenvalue weighted by Crippen LogP contribution is 2.45. The Balaban J connectivity index is 0.979. The number of fused-ring (bicyclic) bond motifs is 10. The molecule has 14 aromatic rings. The number of benzene rings is 11. The van der Waals surface area contributed by atoms with Crippen LogP contribution in [0.2, 0.25) is 0 Å². The molecule has 0 radical (unpaired) electrons. The lowest BCUT2D eigenvalue weighted by Gasteiger charge is -2.30. The number of hydrogen-bond donors (Lipinski definition) is 0. The van der Waals surface area contributed by atoms with Crippen molar-refractivity contribution in [3.8, 4) is 11.4 Å². The Labute approximate surface area is 398 Å². The predicted octanol–water partition coefficient (Wildman–Crippen LogP) is 17.9. The topological polar surface area (TPSA) is 29.5 Å². The number of furan rings is 1. The van der Waals surface area contributed by atoms with E-state index in [0.29, 0.717) is 0 Å². The first kappa shape index (κ1) is 38.9. The average molecular weight is 883 g/mol. The second kappa shape index (κ2) is 15.7. The minimum Gasteiger partial charge on any atom is -0.456 e. The summed E-state index contributed by atoms with van der Waals surface area (Å²) in [7, 11) is 0. The fraction of sp³-hybridized carbons (Fsp3) is 0. The Hall–Kier alpha value is -9.32. The Morgan fingerprint density at radius 2 is 0.754 bits per heavy atom. The van der Waals surface area contributed by atoms with E-state index >= 15 is 0 Å². The van der Waals surface area contributed by atoms with Crippen LogP contribution >= 0.6 is 0 Å². The van der Waals surface area contributed by atoms with Gasteiger partial charge in [-0.25, -0.2) is 0 Å². The van der Waals surface area contributed by atoms with Crippen molar-refractivity contribution in [3.05, 3.63) is 255 Å². The Kier molecular flexibility index (Phi) is 8.83. The molecule has 3 heterocycles. The average Bonchev–Trinajstić information content (AvgIpc) is 4.06. The van der Waals surface area contributed by atoms with Gasteiger partial charge in [-0.05, 0) is 127 Å². The van der Waals surface area contributed by atoms with E-state index in [4.69, 9.17) is 4.42 Å². The highest BCUT2D eigenvalue weighted by molar-refractivity contribution is 6.14. The molecular formula is C64H42N4O. The van der Waals surface area contributed by atoms with Crippen molar-refractivity contribution >= 4 is 110 Å². The molecule has 0 amide bonds. The molecule has 0 saturated carbocycles. The molecule has 324 valence electrons. The molecule has 0 aliphatic rings. The van der Waals surface area contributed by atoms with Gasteiger partial charge in [0.25, 0.3) is 0 Å². The van der Waals surface area contributed by atoms with Crippen molar-refractivity contribution in [2.45, 2.75) is 0 Å². The lowest BCUT2D eigenvalue weighted by atomic mass is 10.0. The normalized spacial score (nSPS) is 11.8. The van der Waals surface area contributed by atoms with E-state index in [9.17, 15) is 0 Å². The largest absolute Gasteiger partial charge is 0.456 e. The Morgan fingerprint density at radius 1 is 0.261 bits per heavy atom. The second-order valence-electron chi connectivity index (χ2n) is 17.7. The number of anilines is 6. The van der Waals surface area contributed by atoms with E-state index in [1.165, 1.54) is 38.1 Å². The zero-order chi connectivity index (χ0) is 45.4. The van der Waals surface area contributed by atoms with Crippen LogP contribution in [0.5, 0.6) is 0 Å². The zero-order valence-electron chi connectivity index (χ0n) is 37.4. The van der Waals surface area contributed by atoms with Crippen LogP contribution in [0.1, 0.15) is 0 Å². The Morgan fingerprint density at radius 3 is 1.45 bits per heavy atom. The van der Waals surface area contributed by atoms with Crippen molar-refractivity contribution in [1.82, 2.24) is 9.13 Å². The van der Waals surface area contributed by atoms with E-state index in [-0.39, 0.29) is 0 Å². The van der Waals surface area contributed by atoms with Crippen molar-refractivity contribution in [3.63, 3.8) is 0 Å². The molecule has 11 aromatic carbocycles. The summed E-state index contributed by atoms with van der Waals surface area (Å²) < 4.78 is 11.2. The molecule has 0 unspecified atom stereocenters. The van der Waals surface area contributed by atoms with Crippen LogP contribution in [-0.4, -0.2) is 9.13 Å². The summed E-state index contributed by atoms with van der Waals surface area (Å²) in [5, 5.41) is 9.39. The summed E-state index contributed by atoms with van der Waals surface area (Å²) in [6.45, 7) is 0. The van der Waals surface area contributed by atoms with Gasteiger partial charge in [0.2, 0.25) is 0 Å². The van der Waals surface area contributed by atoms with Crippen molar-refractivity contribution < 1.29 is 4.42 Å². The minimum atomic E-state index is 0.886. The van der Waals surface area contributed by atoms with E-state index in [0.717, 1.165) is 83.7 Å². The van der Waals surface area contributed by atoms with Crippen molar-refractivity contribution in [2.75, 3.05) is 9.80 Å². The molecule has 0 saturated heterocycles. The standard InChI is InChI=1S/C64H42N4O/c1-3-18-44(19-4-1)66(61-31-15-17-43-39-64-57(42-56(43)61)55-27-10-14-32-63(55)69-64)49-23-16-22-48(40-49)65(46-33-35-47(36-34-46)67-58-28-11-7-24-51(58)52-25-8-12-29-59(52)67)50-37-38-54-53-26-9-13-30-60(53)68(62(54)41-50)45-20-5-2-6-21-45/h1-42H.